The second kappa shape index (κ2) is 16.4. The second-order valence-corrected chi connectivity index (χ2v) is 12.9. The summed E-state index contributed by atoms with van der Waals surface area (Å²) >= 11 is 0. The van der Waals surface area contributed by atoms with E-state index in [-0.39, 0.29) is 45.7 Å². The molecule has 0 atom stereocenters. The van der Waals surface area contributed by atoms with E-state index in [1.165, 1.54) is 12.1 Å². The molecular formula is C41H38N4O8. The van der Waals surface area contributed by atoms with Crippen LogP contribution in [0.1, 0.15) is 100 Å². The Morgan fingerprint density at radius 3 is 1.87 bits per heavy atom. The Kier molecular flexibility index (Phi) is 11.3. The zero-order valence-corrected chi connectivity index (χ0v) is 29.4. The lowest BCUT2D eigenvalue weighted by atomic mass is 9.95. The lowest BCUT2D eigenvalue weighted by Crippen LogP contribution is -2.17. The third kappa shape index (κ3) is 7.96. The first-order valence-corrected chi connectivity index (χ1v) is 17.7. The van der Waals surface area contributed by atoms with Crippen LogP contribution in [-0.4, -0.2) is 44.4 Å². The van der Waals surface area contributed by atoms with Gasteiger partial charge in [-0.3, -0.25) is 19.7 Å². The summed E-state index contributed by atoms with van der Waals surface area (Å²) < 4.78 is 1.76. The molecule has 4 aromatic carbocycles. The van der Waals surface area contributed by atoms with Gasteiger partial charge in [-0.2, -0.15) is 0 Å². The van der Waals surface area contributed by atoms with Gasteiger partial charge in [-0.15, -0.1) is 0 Å². The van der Waals surface area contributed by atoms with Crippen molar-refractivity contribution in [1.82, 2.24) is 4.57 Å². The molecule has 270 valence electrons. The van der Waals surface area contributed by atoms with Crippen LogP contribution >= 0.6 is 0 Å². The van der Waals surface area contributed by atoms with E-state index < -0.39 is 28.4 Å². The molecule has 1 aromatic heterocycles. The van der Waals surface area contributed by atoms with E-state index in [1.807, 2.05) is 6.92 Å². The Hall–Kier alpha value is -6.30. The highest BCUT2D eigenvalue weighted by atomic mass is 16.7. The number of nitro benzene ring substituents is 1. The molecule has 1 aliphatic rings. The normalized spacial score (nSPS) is 13.7. The smallest absolute Gasteiger partial charge is 0.335 e. The molecule has 1 aliphatic carbocycles. The van der Waals surface area contributed by atoms with Crippen LogP contribution < -0.4 is 0 Å². The third-order valence-electron chi connectivity index (χ3n) is 9.59. The standard InChI is InChI=1S/C41H38N4O8/c1-3-33(42-52-40(48)27-15-7-5-8-16-27)39(47)30-24-32-31-23-29(20-22-35(31)44(4-2)37(32)36(25-30)45(50)51)38(46)34(21-19-26-13-11-12-14-26)43-53-41(49)28-17-9-6-10-18-28/h5-10,15-18,20,22-26H,3-4,11-14,19,21H2,1-2H3/b42-33+,43-34+. The molecule has 12 nitrogen and oxygen atoms in total. The number of ketones is 2. The van der Waals surface area contributed by atoms with Gasteiger partial charge >= 0.3 is 11.9 Å². The predicted octanol–water partition coefficient (Wildman–Crippen LogP) is 8.89. The number of nitro groups is 1. The van der Waals surface area contributed by atoms with Crippen LogP contribution in [0.3, 0.4) is 0 Å². The Morgan fingerprint density at radius 2 is 1.30 bits per heavy atom. The van der Waals surface area contributed by atoms with E-state index in [0.29, 0.717) is 47.2 Å². The summed E-state index contributed by atoms with van der Waals surface area (Å²) in [6.07, 6.45) is 5.49. The molecule has 12 heteroatoms. The number of Topliss-reactive ketones (excluding diaryl/α,β-unsaturated/α-hetero) is 2. The maximum absolute atomic E-state index is 14.1. The van der Waals surface area contributed by atoms with Crippen molar-refractivity contribution in [2.75, 3.05) is 0 Å². The number of hydrogen-bond acceptors (Lipinski definition) is 10. The summed E-state index contributed by atoms with van der Waals surface area (Å²) in [5, 5.41) is 21.3. The number of fused-ring (bicyclic) bond motifs is 3. The number of benzene rings is 4. The fourth-order valence-corrected chi connectivity index (χ4v) is 6.84. The molecule has 0 amide bonds. The first kappa shape index (κ1) is 36.5. The monoisotopic (exact) mass is 714 g/mol. The minimum atomic E-state index is -0.755. The molecule has 0 unspecified atom stereocenters. The lowest BCUT2D eigenvalue weighted by molar-refractivity contribution is -0.383. The van der Waals surface area contributed by atoms with Gasteiger partial charge in [0.1, 0.15) is 16.9 Å². The lowest BCUT2D eigenvalue weighted by Gasteiger charge is -2.10. The predicted molar refractivity (Wildman–Crippen MR) is 201 cm³/mol. The molecule has 0 radical (unpaired) electrons. The number of rotatable bonds is 14. The number of hydrogen-bond donors (Lipinski definition) is 0. The molecule has 0 aliphatic heterocycles. The fourth-order valence-electron chi connectivity index (χ4n) is 6.84. The number of carbonyl (C=O) groups excluding carboxylic acids is 4. The summed E-state index contributed by atoms with van der Waals surface area (Å²) in [6, 6.07) is 24.2. The number of aryl methyl sites for hydroxylation is 1. The molecule has 0 N–H and O–H groups in total. The van der Waals surface area contributed by atoms with E-state index in [0.717, 1.165) is 25.7 Å². The fraction of sp³-hybridized carbons (Fsp3) is 0.268. The molecule has 6 rings (SSSR count). The Labute approximate surface area is 305 Å². The van der Waals surface area contributed by atoms with Crippen molar-refractivity contribution in [2.45, 2.75) is 65.3 Å². The highest BCUT2D eigenvalue weighted by molar-refractivity contribution is 6.47. The van der Waals surface area contributed by atoms with Crippen molar-refractivity contribution >= 4 is 62.4 Å². The zero-order chi connectivity index (χ0) is 37.5. The second-order valence-electron chi connectivity index (χ2n) is 12.9. The number of nitrogens with zero attached hydrogens (tertiary/aromatic N) is 4. The van der Waals surface area contributed by atoms with Gasteiger partial charge in [0, 0.05) is 40.0 Å². The number of non-ortho nitro benzene ring substituents is 1. The first-order valence-electron chi connectivity index (χ1n) is 17.7. The number of oxime groups is 2. The van der Waals surface area contributed by atoms with Crippen molar-refractivity contribution in [3.8, 4) is 0 Å². The molecule has 0 spiro atoms. The van der Waals surface area contributed by atoms with Crippen LogP contribution in [0, 0.1) is 16.0 Å². The van der Waals surface area contributed by atoms with Crippen molar-refractivity contribution in [1.29, 1.82) is 0 Å². The van der Waals surface area contributed by atoms with Gasteiger partial charge in [0.05, 0.1) is 16.1 Å². The quantitative estimate of drug-likeness (QED) is 0.0362. The number of carbonyl (C=O) groups is 4. The van der Waals surface area contributed by atoms with Gasteiger partial charge < -0.3 is 14.2 Å². The Bertz CT molecular complexity index is 2270. The van der Waals surface area contributed by atoms with Gasteiger partial charge in [-0.1, -0.05) is 79.3 Å². The average molecular weight is 715 g/mol. The van der Waals surface area contributed by atoms with E-state index >= 15 is 0 Å². The Morgan fingerprint density at radius 1 is 0.736 bits per heavy atom. The van der Waals surface area contributed by atoms with Crippen molar-refractivity contribution in [3.63, 3.8) is 0 Å². The van der Waals surface area contributed by atoms with Crippen LogP contribution in [0.25, 0.3) is 21.8 Å². The first-order chi connectivity index (χ1) is 25.7. The third-order valence-corrected chi connectivity index (χ3v) is 9.59. The van der Waals surface area contributed by atoms with Crippen LogP contribution in [0.15, 0.2) is 101 Å². The van der Waals surface area contributed by atoms with Crippen LogP contribution in [0.2, 0.25) is 0 Å². The summed E-state index contributed by atoms with van der Waals surface area (Å²) in [5.41, 5.74) is 1.34. The average Bonchev–Trinajstić information content (AvgIpc) is 3.83. The van der Waals surface area contributed by atoms with Crippen LogP contribution in [0.4, 0.5) is 5.69 Å². The van der Waals surface area contributed by atoms with E-state index in [1.54, 1.807) is 90.4 Å². The summed E-state index contributed by atoms with van der Waals surface area (Å²) in [5.74, 6) is -2.09. The van der Waals surface area contributed by atoms with Gasteiger partial charge in [-0.25, -0.2) is 9.59 Å². The van der Waals surface area contributed by atoms with Crippen molar-refractivity contribution in [2.24, 2.45) is 16.2 Å². The molecular weight excluding hydrogens is 676 g/mol. The van der Waals surface area contributed by atoms with Crippen LogP contribution in [-0.2, 0) is 16.2 Å². The molecule has 0 saturated heterocycles. The molecule has 5 aromatic rings. The summed E-state index contributed by atoms with van der Waals surface area (Å²) in [7, 11) is 0. The number of aromatic nitrogens is 1. The van der Waals surface area contributed by atoms with E-state index in [4.69, 9.17) is 9.68 Å². The van der Waals surface area contributed by atoms with E-state index in [2.05, 4.69) is 10.3 Å². The minimum Gasteiger partial charge on any atom is -0.335 e. The SMILES string of the molecule is CC/C(=N\OC(=O)c1ccccc1)C(=O)c1cc([N+](=O)[O-])c2c(c1)c1cc(C(=O)/C(CCC3CCCC3)=N/OC(=O)c3ccccc3)ccc1n2CC. The highest BCUT2D eigenvalue weighted by Gasteiger charge is 2.27. The van der Waals surface area contributed by atoms with E-state index in [9.17, 15) is 29.3 Å². The summed E-state index contributed by atoms with van der Waals surface area (Å²) in [6.45, 7) is 3.87. The molecule has 53 heavy (non-hydrogen) atoms. The summed E-state index contributed by atoms with van der Waals surface area (Å²) in [4.78, 5) is 75.4. The maximum atomic E-state index is 14.1. The van der Waals surface area contributed by atoms with Gasteiger partial charge in [0.15, 0.2) is 0 Å². The maximum Gasteiger partial charge on any atom is 0.365 e. The van der Waals surface area contributed by atoms with Crippen LogP contribution in [0.5, 0.6) is 0 Å². The van der Waals surface area contributed by atoms with Crippen molar-refractivity contribution < 1.29 is 33.8 Å². The van der Waals surface area contributed by atoms with Gasteiger partial charge in [0.2, 0.25) is 11.6 Å². The minimum absolute atomic E-state index is 0.0286. The largest absolute Gasteiger partial charge is 0.365 e. The topological polar surface area (TPSA) is 160 Å². The molecule has 1 fully saturated rings. The van der Waals surface area contributed by atoms with Gasteiger partial charge in [0.25, 0.3) is 5.69 Å². The molecule has 0 bridgehead atoms. The highest BCUT2D eigenvalue weighted by Crippen LogP contribution is 2.37. The zero-order valence-electron chi connectivity index (χ0n) is 29.4. The molecule has 1 saturated carbocycles. The van der Waals surface area contributed by atoms with Gasteiger partial charge in [-0.05, 0) is 80.6 Å². The molecule has 1 heterocycles. The van der Waals surface area contributed by atoms with Crippen molar-refractivity contribution in [3.05, 3.63) is 123 Å². The Balaban J connectivity index is 1.39.